The molecule has 0 N–H and O–H groups in total. The molecular weight excluding hydrogens is 639 g/mol. The Morgan fingerprint density at radius 1 is 0.480 bits per heavy atom. The van der Waals surface area contributed by atoms with Gasteiger partial charge in [-0.3, -0.25) is 0 Å². The van der Waals surface area contributed by atoms with Crippen LogP contribution in [0.2, 0.25) is 0 Å². The molecule has 4 heteroatoms. The van der Waals surface area contributed by atoms with Gasteiger partial charge < -0.3 is 0 Å². The smallest absolute Gasteiger partial charge is 3.00 e. The second-order valence-electron chi connectivity index (χ2n) is 5.45. The molecule has 0 amide bonds. The largest absolute Gasteiger partial charge is 3.00 e. The van der Waals surface area contributed by atoms with Crippen LogP contribution in [0.25, 0.3) is 0 Å². The Bertz CT molecular complexity index is 602. The van der Waals surface area contributed by atoms with Crippen LogP contribution in [0, 0.1) is 61.2 Å². The summed E-state index contributed by atoms with van der Waals surface area (Å²) in [4.78, 5) is 0. The predicted octanol–water partition coefficient (Wildman–Crippen LogP) is 2.37. The molecule has 1 radical (unpaired) electrons. The van der Waals surface area contributed by atoms with Gasteiger partial charge in [-0.25, -0.2) is 0 Å². The third kappa shape index (κ3) is 13.4. The maximum absolute atomic E-state index is 2.94. The van der Waals surface area contributed by atoms with E-state index >= 15 is 0 Å². The van der Waals surface area contributed by atoms with E-state index in [1.165, 1.54) is 30.1 Å². The molecule has 0 atom stereocenters. The van der Waals surface area contributed by atoms with Gasteiger partial charge in [0.25, 0.3) is 0 Å². The first-order valence-corrected chi connectivity index (χ1v) is 10.1. The van der Waals surface area contributed by atoms with Crippen molar-refractivity contribution in [1.82, 2.24) is 0 Å². The fraction of sp³-hybridized carbons (Fsp3) is 0.143. The first-order valence-electron chi connectivity index (χ1n) is 7.58. The Morgan fingerprint density at radius 3 is 0.840 bits per heavy atom. The summed E-state index contributed by atoms with van der Waals surface area (Å²) in [6.45, 7) is 6.25. The second kappa shape index (κ2) is 14.6. The third-order valence-corrected chi connectivity index (χ3v) is 4.57. The van der Waals surface area contributed by atoms with Crippen LogP contribution < -0.4 is 13.4 Å². The zero-order valence-corrected chi connectivity index (χ0v) is 22.3. The fourth-order valence-electron chi connectivity index (χ4n) is 1.85. The molecule has 0 aliphatic rings. The van der Waals surface area contributed by atoms with Gasteiger partial charge in [-0.2, -0.15) is 0 Å². The Morgan fingerprint density at radius 2 is 0.720 bits per heavy atom. The van der Waals surface area contributed by atoms with Crippen molar-refractivity contribution in [2.24, 2.45) is 0 Å². The Balaban J connectivity index is 0.000000339. The van der Waals surface area contributed by atoms with Crippen molar-refractivity contribution in [3.63, 3.8) is 0 Å². The van der Waals surface area contributed by atoms with Crippen molar-refractivity contribution < 1.29 is 40.4 Å². The van der Waals surface area contributed by atoms with Gasteiger partial charge in [0.05, 0.1) is 0 Å². The van der Waals surface area contributed by atoms with E-state index in [2.05, 4.69) is 105 Å². The molecule has 129 valence electrons. The van der Waals surface area contributed by atoms with Gasteiger partial charge in [-0.15, -0.1) is 0 Å². The molecule has 0 fully saturated rings. The molecule has 0 aliphatic heterocycles. The Kier molecular flexibility index (Phi) is 14.9. The van der Waals surface area contributed by atoms with Gasteiger partial charge in [0.1, 0.15) is 0 Å². The molecule has 0 heterocycles. The van der Waals surface area contributed by atoms with Crippen LogP contribution in [0.1, 0.15) is 16.7 Å². The third-order valence-electron chi connectivity index (χ3n) is 2.97. The minimum Gasteiger partial charge on any atom is 3.00 e. The number of aryl methyl sites for hydroxylation is 3. The fourth-order valence-corrected chi connectivity index (χ4v) is 3.51. The summed E-state index contributed by atoms with van der Waals surface area (Å²) in [6.07, 6.45) is 0. The molecule has 0 spiro atoms. The number of hydrogen-bond acceptors (Lipinski definition) is 0. The van der Waals surface area contributed by atoms with Crippen LogP contribution in [0.15, 0.2) is 72.8 Å². The van der Waals surface area contributed by atoms with Gasteiger partial charge in [0.15, 0.2) is 0 Å². The van der Waals surface area contributed by atoms with Crippen LogP contribution in [0.5, 0.6) is 0 Å². The van der Waals surface area contributed by atoms with E-state index in [1.807, 2.05) is 36.4 Å². The van der Waals surface area contributed by atoms with E-state index in [1.54, 1.807) is 0 Å². The van der Waals surface area contributed by atoms with E-state index in [0.29, 0.717) is 0 Å². The van der Waals surface area contributed by atoms with Crippen LogP contribution in [0.4, 0.5) is 0 Å². The maximum atomic E-state index is 2.94. The van der Waals surface area contributed by atoms with Crippen molar-refractivity contribution in [3.05, 3.63) is 89.5 Å². The average molecular weight is 661 g/mol. The number of hydrogen-bond donors (Lipinski definition) is 0. The summed E-state index contributed by atoms with van der Waals surface area (Å²) in [5.74, 6) is 0. The van der Waals surface area contributed by atoms with Crippen molar-refractivity contribution in [1.29, 1.82) is 0 Å². The van der Waals surface area contributed by atoms with E-state index in [0.717, 1.165) is 0 Å². The summed E-state index contributed by atoms with van der Waals surface area (Å²) in [6, 6.07) is 24.9. The summed E-state index contributed by atoms with van der Waals surface area (Å²) in [5, 5.41) is 0. The van der Waals surface area contributed by atoms with Crippen molar-refractivity contribution >= 4 is 61.4 Å². The molecule has 25 heavy (non-hydrogen) atoms. The number of benzene rings is 3. The van der Waals surface area contributed by atoms with Gasteiger partial charge >= 0.3 is 212 Å². The van der Waals surface area contributed by atoms with Crippen molar-refractivity contribution in [2.45, 2.75) is 20.8 Å². The van der Waals surface area contributed by atoms with Crippen molar-refractivity contribution in [3.8, 4) is 0 Å². The molecule has 0 unspecified atom stereocenters. The van der Waals surface area contributed by atoms with Crippen LogP contribution in [0.3, 0.4) is 0 Å². The second-order valence-corrected chi connectivity index (χ2v) is 8.42. The summed E-state index contributed by atoms with van der Waals surface area (Å²) < 4.78 is 3.64. The predicted molar refractivity (Wildman–Crippen MR) is 110 cm³/mol. The molecule has 3 aromatic carbocycles. The minimum atomic E-state index is 0. The van der Waals surface area contributed by atoms with Gasteiger partial charge in [-0.05, 0) is 0 Å². The molecule has 0 nitrogen and oxygen atoms in total. The summed E-state index contributed by atoms with van der Waals surface area (Å²) in [5.41, 5.74) is 3.92. The molecule has 3 rings (SSSR count). The monoisotopic (exact) mass is 665 g/mol. The van der Waals surface area contributed by atoms with E-state index in [-0.39, 0.29) is 40.4 Å². The van der Waals surface area contributed by atoms with Gasteiger partial charge in [0.2, 0.25) is 0 Å². The Labute approximate surface area is 209 Å². The minimum absolute atomic E-state index is 0. The zero-order chi connectivity index (χ0) is 17.9. The standard InChI is InChI=1S/3C7H8Se.Sm/c3*1-6-3-2-4-7(8)5-6;/h3*2-5,8H,1H3;/q;;;+3/p-3. The zero-order valence-electron chi connectivity index (χ0n) is 14.6. The first-order chi connectivity index (χ1) is 11.4. The van der Waals surface area contributed by atoms with Gasteiger partial charge in [-0.1, -0.05) is 0 Å². The van der Waals surface area contributed by atoms with E-state index in [4.69, 9.17) is 0 Å². The van der Waals surface area contributed by atoms with Gasteiger partial charge in [0, 0.05) is 0 Å². The molecule has 0 aromatic heterocycles. The normalized spacial score (nSPS) is 8.76. The molecular formula is C21H21Se3Sm. The number of rotatable bonds is 0. The van der Waals surface area contributed by atoms with Crippen LogP contribution in [-0.2, 0) is 0 Å². The molecule has 3 aromatic rings. The molecule has 0 saturated carbocycles. The first kappa shape index (κ1) is 25.6. The summed E-state index contributed by atoms with van der Waals surface area (Å²) in [7, 11) is 0. The van der Waals surface area contributed by atoms with Crippen molar-refractivity contribution in [2.75, 3.05) is 0 Å². The quantitative estimate of drug-likeness (QED) is 0.325. The van der Waals surface area contributed by atoms with E-state index in [9.17, 15) is 0 Å². The van der Waals surface area contributed by atoms with E-state index < -0.39 is 0 Å². The topological polar surface area (TPSA) is 0 Å². The Hall–Kier alpha value is 0.556. The van der Waals surface area contributed by atoms with Crippen LogP contribution >= 0.6 is 0 Å². The molecule has 0 saturated heterocycles. The van der Waals surface area contributed by atoms with Crippen LogP contribution in [-0.4, -0.2) is 48.0 Å². The molecule has 0 bridgehead atoms. The average Bonchev–Trinajstić information content (AvgIpc) is 2.47. The molecule has 0 aliphatic carbocycles. The maximum Gasteiger partial charge on any atom is 3.00 e. The SMILES string of the molecule is Cc1cccc([Se-])c1.Cc1cccc([Se-])c1.Cc1cccc([Se-])c1.[Sm+3]. The summed E-state index contributed by atoms with van der Waals surface area (Å²) >= 11 is 8.83.